The van der Waals surface area contributed by atoms with Crippen LogP contribution in [-0.4, -0.2) is 10.7 Å². The monoisotopic (exact) mass is 337 g/mol. The van der Waals surface area contributed by atoms with Crippen LogP contribution in [0.1, 0.15) is 17.2 Å². The van der Waals surface area contributed by atoms with Gasteiger partial charge in [0.25, 0.3) is 0 Å². The van der Waals surface area contributed by atoms with Crippen molar-refractivity contribution in [1.82, 2.24) is 10.4 Å². The number of halogens is 1. The highest BCUT2D eigenvalue weighted by molar-refractivity contribution is 9.10. The lowest BCUT2D eigenvalue weighted by molar-refractivity contribution is 0.605. The first-order valence-electron chi connectivity index (χ1n) is 5.95. The Hall–Kier alpha value is -0.880. The molecule has 1 aromatic carbocycles. The molecule has 0 saturated heterocycles. The van der Waals surface area contributed by atoms with Crippen LogP contribution in [0, 0.1) is 6.92 Å². The minimum Gasteiger partial charge on any atom is -0.271 e. The van der Waals surface area contributed by atoms with Gasteiger partial charge in [0.05, 0.1) is 6.04 Å². The topological polar surface area (TPSA) is 50.9 Å². The molecule has 100 valence electrons. The summed E-state index contributed by atoms with van der Waals surface area (Å²) >= 11 is 5.25. The summed E-state index contributed by atoms with van der Waals surface area (Å²) in [5.41, 5.74) is 5.22. The number of benzene rings is 1. The highest BCUT2D eigenvalue weighted by atomic mass is 79.9. The smallest absolute Gasteiger partial charge is 0.0571 e. The number of hydrogen-bond donors (Lipinski definition) is 2. The van der Waals surface area contributed by atoms with Crippen molar-refractivity contribution in [3.63, 3.8) is 0 Å². The highest BCUT2D eigenvalue weighted by Gasteiger charge is 2.12. The van der Waals surface area contributed by atoms with Crippen molar-refractivity contribution >= 4 is 27.7 Å². The van der Waals surface area contributed by atoms with Crippen LogP contribution in [0.5, 0.6) is 0 Å². The van der Waals surface area contributed by atoms with Crippen molar-refractivity contribution in [3.8, 4) is 0 Å². The maximum atomic E-state index is 5.67. The van der Waals surface area contributed by atoms with Gasteiger partial charge in [0, 0.05) is 27.5 Å². The summed E-state index contributed by atoms with van der Waals surface area (Å²) in [7, 11) is 0. The quantitative estimate of drug-likeness (QED) is 0.498. The fraction of sp³-hybridized carbons (Fsp3) is 0.214. The fourth-order valence-electron chi connectivity index (χ4n) is 1.81. The zero-order chi connectivity index (χ0) is 13.7. The van der Waals surface area contributed by atoms with E-state index in [1.807, 2.05) is 24.4 Å². The zero-order valence-corrected chi connectivity index (χ0v) is 13.0. The van der Waals surface area contributed by atoms with E-state index in [2.05, 4.69) is 45.4 Å². The lowest BCUT2D eigenvalue weighted by Crippen LogP contribution is -2.30. The minimum absolute atomic E-state index is 0.0951. The lowest BCUT2D eigenvalue weighted by Gasteiger charge is -2.17. The molecule has 3 N–H and O–H groups in total. The third-order valence-electron chi connectivity index (χ3n) is 2.87. The van der Waals surface area contributed by atoms with Gasteiger partial charge in [-0.05, 0) is 42.3 Å². The van der Waals surface area contributed by atoms with E-state index in [0.29, 0.717) is 0 Å². The minimum atomic E-state index is 0.0951. The normalized spacial score (nSPS) is 12.4. The molecule has 0 aliphatic rings. The van der Waals surface area contributed by atoms with E-state index in [-0.39, 0.29) is 6.04 Å². The van der Waals surface area contributed by atoms with Crippen LogP contribution in [0.25, 0.3) is 0 Å². The first-order chi connectivity index (χ1) is 9.20. The van der Waals surface area contributed by atoms with Crippen molar-refractivity contribution in [2.75, 3.05) is 5.75 Å². The summed E-state index contributed by atoms with van der Waals surface area (Å²) in [6.07, 6.45) is 3.68. The van der Waals surface area contributed by atoms with Gasteiger partial charge < -0.3 is 0 Å². The Bertz CT molecular complexity index is 548. The summed E-state index contributed by atoms with van der Waals surface area (Å²) in [5, 5.41) is 0. The number of nitrogens with zero attached hydrogens (tertiary/aromatic N) is 1. The van der Waals surface area contributed by atoms with Crippen LogP contribution in [0.2, 0.25) is 0 Å². The van der Waals surface area contributed by atoms with Gasteiger partial charge in [-0.3, -0.25) is 16.3 Å². The summed E-state index contributed by atoms with van der Waals surface area (Å²) in [6.45, 7) is 2.07. The van der Waals surface area contributed by atoms with E-state index in [1.54, 1.807) is 18.0 Å². The predicted octanol–water partition coefficient (Wildman–Crippen LogP) is 3.45. The third kappa shape index (κ3) is 4.04. The molecule has 2 rings (SSSR count). The second-order valence-corrected chi connectivity index (χ2v) is 6.23. The van der Waals surface area contributed by atoms with Crippen molar-refractivity contribution in [2.45, 2.75) is 17.9 Å². The second kappa shape index (κ2) is 7.05. The molecule has 0 spiro atoms. The van der Waals surface area contributed by atoms with Gasteiger partial charge in [0.1, 0.15) is 0 Å². The SMILES string of the molecule is Cc1ccncc1C(CSc1cccc(Br)c1)NN. The molecule has 0 fully saturated rings. The van der Waals surface area contributed by atoms with Crippen molar-refractivity contribution in [2.24, 2.45) is 5.84 Å². The number of nitrogens with two attached hydrogens (primary N) is 1. The van der Waals surface area contributed by atoms with Crippen LogP contribution >= 0.6 is 27.7 Å². The summed E-state index contributed by atoms with van der Waals surface area (Å²) in [4.78, 5) is 5.39. The molecule has 2 aromatic rings. The average molecular weight is 338 g/mol. The molecule has 1 unspecified atom stereocenters. The summed E-state index contributed by atoms with van der Waals surface area (Å²) in [6, 6.07) is 10.4. The molecule has 0 amide bonds. The molecule has 5 heteroatoms. The summed E-state index contributed by atoms with van der Waals surface area (Å²) < 4.78 is 1.09. The van der Waals surface area contributed by atoms with Crippen LogP contribution in [0.3, 0.4) is 0 Å². The van der Waals surface area contributed by atoms with E-state index < -0.39 is 0 Å². The average Bonchev–Trinajstić information content (AvgIpc) is 2.41. The van der Waals surface area contributed by atoms with E-state index >= 15 is 0 Å². The van der Waals surface area contributed by atoms with Crippen LogP contribution < -0.4 is 11.3 Å². The Kier molecular flexibility index (Phi) is 5.39. The molecule has 1 heterocycles. The van der Waals surface area contributed by atoms with Gasteiger partial charge in [-0.2, -0.15) is 0 Å². The zero-order valence-electron chi connectivity index (χ0n) is 10.6. The molecule has 0 aliphatic carbocycles. The molecule has 0 radical (unpaired) electrons. The molecule has 1 atom stereocenters. The number of pyridine rings is 1. The first-order valence-corrected chi connectivity index (χ1v) is 7.73. The van der Waals surface area contributed by atoms with E-state index in [4.69, 9.17) is 5.84 Å². The maximum absolute atomic E-state index is 5.67. The van der Waals surface area contributed by atoms with Crippen molar-refractivity contribution in [1.29, 1.82) is 0 Å². The number of rotatable bonds is 5. The molecular formula is C14H16BrN3S. The Morgan fingerprint density at radius 3 is 2.95 bits per heavy atom. The molecule has 0 aliphatic heterocycles. The van der Waals surface area contributed by atoms with Gasteiger partial charge in [-0.1, -0.05) is 22.0 Å². The first kappa shape index (κ1) is 14.5. The lowest BCUT2D eigenvalue weighted by atomic mass is 10.1. The van der Waals surface area contributed by atoms with Gasteiger partial charge in [0.15, 0.2) is 0 Å². The third-order valence-corrected chi connectivity index (χ3v) is 4.45. The molecule has 3 nitrogen and oxygen atoms in total. The van der Waals surface area contributed by atoms with Gasteiger partial charge in [0.2, 0.25) is 0 Å². The Morgan fingerprint density at radius 1 is 1.42 bits per heavy atom. The summed E-state index contributed by atoms with van der Waals surface area (Å²) in [5.74, 6) is 6.53. The molecule has 0 saturated carbocycles. The number of aromatic nitrogens is 1. The number of aryl methyl sites for hydroxylation is 1. The van der Waals surface area contributed by atoms with Gasteiger partial charge in [-0.15, -0.1) is 11.8 Å². The van der Waals surface area contributed by atoms with Gasteiger partial charge >= 0.3 is 0 Å². The van der Waals surface area contributed by atoms with Crippen LogP contribution in [0.4, 0.5) is 0 Å². The van der Waals surface area contributed by atoms with Crippen molar-refractivity contribution in [3.05, 3.63) is 58.3 Å². The highest BCUT2D eigenvalue weighted by Crippen LogP contribution is 2.27. The van der Waals surface area contributed by atoms with E-state index in [9.17, 15) is 0 Å². The van der Waals surface area contributed by atoms with Crippen LogP contribution in [-0.2, 0) is 0 Å². The van der Waals surface area contributed by atoms with Crippen LogP contribution in [0.15, 0.2) is 52.1 Å². The Balaban J connectivity index is 2.06. The molecule has 19 heavy (non-hydrogen) atoms. The maximum Gasteiger partial charge on any atom is 0.0571 e. The molecular weight excluding hydrogens is 322 g/mol. The largest absolute Gasteiger partial charge is 0.271 e. The van der Waals surface area contributed by atoms with Crippen molar-refractivity contribution < 1.29 is 0 Å². The Labute approximate surface area is 126 Å². The number of thioether (sulfide) groups is 1. The van der Waals surface area contributed by atoms with E-state index in [1.165, 1.54) is 10.5 Å². The second-order valence-electron chi connectivity index (χ2n) is 4.22. The fourth-order valence-corrected chi connectivity index (χ4v) is 3.38. The Morgan fingerprint density at radius 2 is 2.26 bits per heavy atom. The molecule has 0 bridgehead atoms. The van der Waals surface area contributed by atoms with E-state index in [0.717, 1.165) is 15.8 Å². The standard InChI is InChI=1S/C14H16BrN3S/c1-10-5-6-17-8-13(10)14(18-16)9-19-12-4-2-3-11(15)7-12/h2-8,14,18H,9,16H2,1H3. The number of hydrogen-bond acceptors (Lipinski definition) is 4. The number of nitrogens with one attached hydrogen (secondary N) is 1. The van der Waals surface area contributed by atoms with Gasteiger partial charge in [-0.25, -0.2) is 0 Å². The number of hydrazine groups is 1. The molecule has 1 aromatic heterocycles. The predicted molar refractivity (Wildman–Crippen MR) is 83.9 cm³/mol.